The highest BCUT2D eigenvalue weighted by molar-refractivity contribution is 5.94. The van der Waals surface area contributed by atoms with Crippen LogP contribution in [0, 0.1) is 11.8 Å². The van der Waals surface area contributed by atoms with Gasteiger partial charge in [-0.15, -0.1) is 5.10 Å². The molecule has 0 spiro atoms. The number of aliphatic hydroxyl groups excluding tert-OH is 1. The topological polar surface area (TPSA) is 117 Å². The molecule has 1 aliphatic rings. The largest absolute Gasteiger partial charge is 0.396 e. The third kappa shape index (κ3) is 6.48. The van der Waals surface area contributed by atoms with Crippen molar-refractivity contribution >= 4 is 18.2 Å². The van der Waals surface area contributed by atoms with Gasteiger partial charge in [-0.2, -0.15) is 0 Å². The number of hydrogen-bond acceptors (Lipinski definition) is 6. The summed E-state index contributed by atoms with van der Waals surface area (Å²) in [6, 6.07) is 0. The van der Waals surface area contributed by atoms with Crippen molar-refractivity contribution in [1.82, 2.24) is 25.2 Å². The fourth-order valence-corrected chi connectivity index (χ4v) is 3.69. The molecular formula is C21H33N5O4. The Morgan fingerprint density at radius 3 is 2.63 bits per heavy atom. The zero-order chi connectivity index (χ0) is 22.1. The first-order valence-electron chi connectivity index (χ1n) is 10.5. The summed E-state index contributed by atoms with van der Waals surface area (Å²) in [5.74, 6) is -0.155. The van der Waals surface area contributed by atoms with E-state index in [0.717, 1.165) is 25.7 Å². The number of rotatable bonds is 10. The van der Waals surface area contributed by atoms with Crippen LogP contribution in [-0.4, -0.2) is 56.4 Å². The van der Waals surface area contributed by atoms with Gasteiger partial charge in [-0.1, -0.05) is 11.3 Å². The number of imide groups is 1. The second-order valence-corrected chi connectivity index (χ2v) is 8.47. The molecule has 30 heavy (non-hydrogen) atoms. The predicted octanol–water partition coefficient (Wildman–Crippen LogP) is 1.38. The number of allylic oxidation sites excluding steroid dienone is 1. The van der Waals surface area contributed by atoms with Gasteiger partial charge in [0, 0.05) is 19.1 Å². The van der Waals surface area contributed by atoms with Crippen molar-refractivity contribution in [3.8, 4) is 0 Å². The number of amides is 3. The first-order valence-corrected chi connectivity index (χ1v) is 10.5. The molecule has 0 aliphatic heterocycles. The molecule has 9 nitrogen and oxygen atoms in total. The number of aliphatic hydroxyl groups is 1. The maximum atomic E-state index is 12.5. The van der Waals surface area contributed by atoms with Crippen LogP contribution >= 0.6 is 0 Å². The SMILES string of the molecule is C/C=C\C(=O)N(C=O)CC1CCC(C(=O)NCc2cn(C(C)(C)CCO)nn2)CC1. The van der Waals surface area contributed by atoms with Gasteiger partial charge in [0.05, 0.1) is 18.3 Å². The minimum Gasteiger partial charge on any atom is -0.396 e. The van der Waals surface area contributed by atoms with E-state index in [1.165, 1.54) is 11.0 Å². The number of aromatic nitrogens is 3. The van der Waals surface area contributed by atoms with E-state index in [1.54, 1.807) is 23.9 Å². The predicted molar refractivity (Wildman–Crippen MR) is 111 cm³/mol. The summed E-state index contributed by atoms with van der Waals surface area (Å²) in [5, 5.41) is 20.3. The van der Waals surface area contributed by atoms with E-state index >= 15 is 0 Å². The third-order valence-corrected chi connectivity index (χ3v) is 5.72. The molecule has 0 bridgehead atoms. The van der Waals surface area contributed by atoms with E-state index in [9.17, 15) is 14.4 Å². The van der Waals surface area contributed by atoms with Crippen molar-refractivity contribution in [2.45, 2.75) is 65.0 Å². The molecule has 0 unspecified atom stereocenters. The van der Waals surface area contributed by atoms with E-state index in [-0.39, 0.29) is 35.8 Å². The Morgan fingerprint density at radius 2 is 2.03 bits per heavy atom. The van der Waals surface area contributed by atoms with Gasteiger partial charge < -0.3 is 10.4 Å². The second-order valence-electron chi connectivity index (χ2n) is 8.47. The maximum Gasteiger partial charge on any atom is 0.252 e. The fourth-order valence-electron chi connectivity index (χ4n) is 3.69. The summed E-state index contributed by atoms with van der Waals surface area (Å²) in [4.78, 5) is 36.8. The minimum atomic E-state index is -0.341. The molecule has 1 fully saturated rings. The molecule has 1 saturated carbocycles. The Hall–Kier alpha value is -2.55. The molecule has 0 atom stereocenters. The Bertz CT molecular complexity index is 750. The van der Waals surface area contributed by atoms with Crippen molar-refractivity contribution in [3.05, 3.63) is 24.0 Å². The summed E-state index contributed by atoms with van der Waals surface area (Å²) in [6.45, 7) is 6.45. The molecule has 0 aromatic carbocycles. The van der Waals surface area contributed by atoms with Gasteiger partial charge in [0.1, 0.15) is 5.69 Å². The zero-order valence-corrected chi connectivity index (χ0v) is 18.1. The van der Waals surface area contributed by atoms with Crippen LogP contribution in [0.1, 0.15) is 58.6 Å². The molecular weight excluding hydrogens is 386 g/mol. The summed E-state index contributed by atoms with van der Waals surface area (Å²) >= 11 is 0. The van der Waals surface area contributed by atoms with Crippen LogP contribution in [0.3, 0.4) is 0 Å². The maximum absolute atomic E-state index is 12.5. The highest BCUT2D eigenvalue weighted by atomic mass is 16.3. The lowest BCUT2D eigenvalue weighted by Crippen LogP contribution is -2.37. The normalized spacial score (nSPS) is 19.6. The average Bonchev–Trinajstić information content (AvgIpc) is 3.21. The van der Waals surface area contributed by atoms with E-state index in [0.29, 0.717) is 31.6 Å². The van der Waals surface area contributed by atoms with Crippen LogP contribution in [-0.2, 0) is 26.5 Å². The van der Waals surface area contributed by atoms with Crippen LogP contribution in [0.4, 0.5) is 0 Å². The van der Waals surface area contributed by atoms with Crippen LogP contribution < -0.4 is 5.32 Å². The standard InChI is InChI=1S/C21H33N5O4/c1-4-5-19(29)25(15-28)13-16-6-8-17(9-7-16)20(30)22-12-18-14-26(24-23-18)21(2,3)10-11-27/h4-5,14-17,27H,6-13H2,1-3H3,(H,22,30)/b5-4-. The molecule has 1 heterocycles. The lowest BCUT2D eigenvalue weighted by Gasteiger charge is -2.29. The highest BCUT2D eigenvalue weighted by Gasteiger charge is 2.28. The van der Waals surface area contributed by atoms with Gasteiger partial charge in [-0.25, -0.2) is 4.68 Å². The van der Waals surface area contributed by atoms with Crippen molar-refractivity contribution in [2.24, 2.45) is 11.8 Å². The summed E-state index contributed by atoms with van der Waals surface area (Å²) in [7, 11) is 0. The van der Waals surface area contributed by atoms with E-state index < -0.39 is 0 Å². The zero-order valence-electron chi connectivity index (χ0n) is 18.1. The van der Waals surface area contributed by atoms with Gasteiger partial charge >= 0.3 is 0 Å². The van der Waals surface area contributed by atoms with Crippen LogP contribution in [0.2, 0.25) is 0 Å². The molecule has 166 valence electrons. The smallest absolute Gasteiger partial charge is 0.252 e. The number of hydrogen-bond donors (Lipinski definition) is 2. The van der Waals surface area contributed by atoms with Crippen LogP contribution in [0.25, 0.3) is 0 Å². The molecule has 1 aromatic heterocycles. The number of carbonyl (C=O) groups excluding carboxylic acids is 3. The molecule has 0 saturated heterocycles. The van der Waals surface area contributed by atoms with E-state index in [1.807, 2.05) is 13.8 Å². The van der Waals surface area contributed by atoms with Crippen molar-refractivity contribution in [1.29, 1.82) is 0 Å². The second kappa shape index (κ2) is 11.0. The fraction of sp³-hybridized carbons (Fsp3) is 0.667. The van der Waals surface area contributed by atoms with Gasteiger partial charge in [0.25, 0.3) is 5.91 Å². The monoisotopic (exact) mass is 419 g/mol. The van der Waals surface area contributed by atoms with Crippen molar-refractivity contribution < 1.29 is 19.5 Å². The Labute approximate surface area is 177 Å². The molecule has 3 amide bonds. The number of nitrogens with one attached hydrogen (secondary N) is 1. The van der Waals surface area contributed by atoms with Gasteiger partial charge in [-0.05, 0) is 64.9 Å². The Morgan fingerprint density at radius 1 is 1.33 bits per heavy atom. The van der Waals surface area contributed by atoms with Crippen molar-refractivity contribution in [2.75, 3.05) is 13.2 Å². The average molecular weight is 420 g/mol. The summed E-state index contributed by atoms with van der Waals surface area (Å²) < 4.78 is 1.71. The third-order valence-electron chi connectivity index (χ3n) is 5.72. The number of nitrogens with zero attached hydrogens (tertiary/aromatic N) is 4. The molecule has 0 radical (unpaired) electrons. The molecule has 9 heteroatoms. The Kier molecular flexibility index (Phi) is 8.71. The lowest BCUT2D eigenvalue weighted by atomic mass is 9.81. The molecule has 1 aromatic rings. The Balaban J connectivity index is 1.79. The highest BCUT2D eigenvalue weighted by Crippen LogP contribution is 2.29. The number of carbonyl (C=O) groups is 3. The summed E-state index contributed by atoms with van der Waals surface area (Å²) in [5.41, 5.74) is 0.332. The minimum absolute atomic E-state index is 0.00476. The lowest BCUT2D eigenvalue weighted by molar-refractivity contribution is -0.136. The van der Waals surface area contributed by atoms with Gasteiger partial charge in [-0.3, -0.25) is 19.3 Å². The van der Waals surface area contributed by atoms with Gasteiger partial charge in [0.15, 0.2) is 0 Å². The van der Waals surface area contributed by atoms with E-state index in [2.05, 4.69) is 15.6 Å². The first kappa shape index (κ1) is 23.7. The van der Waals surface area contributed by atoms with Crippen LogP contribution in [0.5, 0.6) is 0 Å². The van der Waals surface area contributed by atoms with E-state index in [4.69, 9.17) is 5.11 Å². The first-order chi connectivity index (χ1) is 14.3. The molecule has 2 rings (SSSR count). The molecule has 1 aliphatic carbocycles. The van der Waals surface area contributed by atoms with Crippen molar-refractivity contribution in [3.63, 3.8) is 0 Å². The summed E-state index contributed by atoms with van der Waals surface area (Å²) in [6.07, 6.45) is 9.01. The van der Waals surface area contributed by atoms with Gasteiger partial charge in [0.2, 0.25) is 12.3 Å². The molecule has 2 N–H and O–H groups in total. The van der Waals surface area contributed by atoms with Crippen LogP contribution in [0.15, 0.2) is 18.3 Å². The quantitative estimate of drug-likeness (QED) is 0.437.